The molecule has 0 saturated heterocycles. The van der Waals surface area contributed by atoms with Crippen molar-refractivity contribution < 1.29 is 23.9 Å². The summed E-state index contributed by atoms with van der Waals surface area (Å²) in [5, 5.41) is 0. The first-order valence-electron chi connectivity index (χ1n) is 16.2. The molecular formula is C35H53N3O5. The van der Waals surface area contributed by atoms with Crippen molar-refractivity contribution in [3.63, 3.8) is 0 Å². The quantitative estimate of drug-likeness (QED) is 0.100. The lowest BCUT2D eigenvalue weighted by Crippen LogP contribution is -2.42. The average Bonchev–Trinajstić information content (AvgIpc) is 3.01. The van der Waals surface area contributed by atoms with Crippen LogP contribution in [0.3, 0.4) is 0 Å². The Morgan fingerprint density at radius 1 is 0.814 bits per heavy atom. The molecule has 0 aliphatic rings. The monoisotopic (exact) mass is 595 g/mol. The van der Waals surface area contributed by atoms with Crippen LogP contribution < -0.4 is 10.6 Å². The van der Waals surface area contributed by atoms with Gasteiger partial charge in [0.1, 0.15) is 24.6 Å². The van der Waals surface area contributed by atoms with Gasteiger partial charge in [0.25, 0.3) is 0 Å². The Labute approximate surface area is 258 Å². The molecule has 2 atom stereocenters. The highest BCUT2D eigenvalue weighted by Gasteiger charge is 2.29. The van der Waals surface area contributed by atoms with Crippen LogP contribution >= 0.6 is 0 Å². The topological polar surface area (TPSA) is 112 Å². The van der Waals surface area contributed by atoms with Gasteiger partial charge in [0.2, 0.25) is 5.91 Å². The SMILES string of the molecule is CCCCCCCCCCCCC[C@@H](CC(N)=O)OC(=O)[C@H](CCCC(=O)OCc1ccccc1)N(C)c1ccccn1. The van der Waals surface area contributed by atoms with Gasteiger partial charge in [-0.05, 0) is 43.4 Å². The number of hydrogen-bond acceptors (Lipinski definition) is 7. The summed E-state index contributed by atoms with van der Waals surface area (Å²) in [6.45, 7) is 2.45. The third kappa shape index (κ3) is 16.1. The zero-order chi connectivity index (χ0) is 31.1. The van der Waals surface area contributed by atoms with Crippen LogP contribution in [0.5, 0.6) is 0 Å². The van der Waals surface area contributed by atoms with E-state index in [9.17, 15) is 14.4 Å². The first kappa shape index (κ1) is 35.8. The molecule has 2 aromatic rings. The highest BCUT2D eigenvalue weighted by molar-refractivity contribution is 5.80. The number of unbranched alkanes of at least 4 members (excludes halogenated alkanes) is 10. The van der Waals surface area contributed by atoms with Gasteiger partial charge >= 0.3 is 11.9 Å². The Morgan fingerprint density at radius 3 is 2.05 bits per heavy atom. The molecule has 0 aliphatic heterocycles. The molecule has 1 heterocycles. The highest BCUT2D eigenvalue weighted by atomic mass is 16.5. The van der Waals surface area contributed by atoms with Crippen molar-refractivity contribution in [2.45, 2.75) is 128 Å². The van der Waals surface area contributed by atoms with E-state index in [0.717, 1.165) is 24.8 Å². The number of rotatable bonds is 24. The Morgan fingerprint density at radius 2 is 1.44 bits per heavy atom. The van der Waals surface area contributed by atoms with Gasteiger partial charge in [-0.1, -0.05) is 108 Å². The Bertz CT molecular complexity index is 1030. The van der Waals surface area contributed by atoms with Crippen molar-refractivity contribution >= 4 is 23.7 Å². The molecule has 1 amide bonds. The molecule has 0 aliphatic carbocycles. The third-order valence-electron chi connectivity index (χ3n) is 7.69. The van der Waals surface area contributed by atoms with Crippen molar-refractivity contribution in [2.24, 2.45) is 5.73 Å². The molecule has 8 heteroatoms. The number of carbonyl (C=O) groups is 3. The van der Waals surface area contributed by atoms with Gasteiger partial charge in [0, 0.05) is 19.7 Å². The van der Waals surface area contributed by atoms with Crippen LogP contribution in [0, 0.1) is 0 Å². The summed E-state index contributed by atoms with van der Waals surface area (Å²) < 4.78 is 11.3. The van der Waals surface area contributed by atoms with Crippen LogP contribution in [-0.4, -0.2) is 42.0 Å². The van der Waals surface area contributed by atoms with Crippen molar-refractivity contribution in [1.29, 1.82) is 0 Å². The molecule has 0 spiro atoms. The highest BCUT2D eigenvalue weighted by Crippen LogP contribution is 2.20. The number of ether oxygens (including phenoxy) is 2. The number of hydrogen-bond donors (Lipinski definition) is 1. The van der Waals surface area contributed by atoms with Crippen molar-refractivity contribution in [3.8, 4) is 0 Å². The second-order valence-electron chi connectivity index (χ2n) is 11.4. The van der Waals surface area contributed by atoms with E-state index < -0.39 is 24.0 Å². The van der Waals surface area contributed by atoms with Gasteiger partial charge in [-0.15, -0.1) is 0 Å². The summed E-state index contributed by atoms with van der Waals surface area (Å²) in [7, 11) is 1.79. The molecular weight excluding hydrogens is 542 g/mol. The predicted molar refractivity (Wildman–Crippen MR) is 171 cm³/mol. The summed E-state index contributed by atoms with van der Waals surface area (Å²) in [5.74, 6) is -0.635. The summed E-state index contributed by atoms with van der Waals surface area (Å²) in [4.78, 5) is 43.8. The Balaban J connectivity index is 1.85. The number of carbonyl (C=O) groups excluding carboxylic acids is 3. The molecule has 1 aromatic heterocycles. The zero-order valence-electron chi connectivity index (χ0n) is 26.4. The number of primary amides is 1. The minimum Gasteiger partial charge on any atom is -0.461 e. The van der Waals surface area contributed by atoms with Crippen LogP contribution in [0.15, 0.2) is 54.7 Å². The average molecular weight is 596 g/mol. The summed E-state index contributed by atoms with van der Waals surface area (Å²) in [6.07, 6.45) is 16.1. The Kier molecular flexibility index (Phi) is 18.4. The van der Waals surface area contributed by atoms with Gasteiger partial charge in [0.05, 0.1) is 6.42 Å². The molecule has 8 nitrogen and oxygen atoms in total. The molecule has 2 rings (SSSR count). The second-order valence-corrected chi connectivity index (χ2v) is 11.4. The number of likely N-dealkylation sites (N-methyl/N-ethyl adjacent to an activating group) is 1. The zero-order valence-corrected chi connectivity index (χ0v) is 26.4. The maximum Gasteiger partial charge on any atom is 0.329 e. The number of esters is 2. The van der Waals surface area contributed by atoms with E-state index in [0.29, 0.717) is 25.1 Å². The van der Waals surface area contributed by atoms with E-state index in [2.05, 4.69) is 11.9 Å². The van der Waals surface area contributed by atoms with E-state index >= 15 is 0 Å². The van der Waals surface area contributed by atoms with Crippen molar-refractivity contribution in [2.75, 3.05) is 11.9 Å². The van der Waals surface area contributed by atoms with E-state index in [-0.39, 0.29) is 25.4 Å². The van der Waals surface area contributed by atoms with E-state index in [4.69, 9.17) is 15.2 Å². The number of benzene rings is 1. The molecule has 1 aromatic carbocycles. The first-order chi connectivity index (χ1) is 20.9. The number of amides is 1. The van der Waals surface area contributed by atoms with E-state index in [1.54, 1.807) is 18.1 Å². The van der Waals surface area contributed by atoms with Crippen LogP contribution in [0.1, 0.15) is 115 Å². The predicted octanol–water partition coefficient (Wildman–Crippen LogP) is 7.29. The maximum absolute atomic E-state index is 13.5. The van der Waals surface area contributed by atoms with Crippen molar-refractivity contribution in [3.05, 3.63) is 60.3 Å². The van der Waals surface area contributed by atoms with Crippen LogP contribution in [-0.2, 0) is 30.5 Å². The van der Waals surface area contributed by atoms with Gasteiger partial charge in [0.15, 0.2) is 0 Å². The van der Waals surface area contributed by atoms with Gasteiger partial charge in [-0.25, -0.2) is 9.78 Å². The molecule has 43 heavy (non-hydrogen) atoms. The fourth-order valence-electron chi connectivity index (χ4n) is 5.15. The lowest BCUT2D eigenvalue weighted by Gasteiger charge is -2.29. The lowest BCUT2D eigenvalue weighted by molar-refractivity contribution is -0.153. The summed E-state index contributed by atoms with van der Waals surface area (Å²) >= 11 is 0. The smallest absolute Gasteiger partial charge is 0.329 e. The van der Waals surface area contributed by atoms with Crippen LogP contribution in [0.2, 0.25) is 0 Å². The number of nitrogens with zero attached hydrogens (tertiary/aromatic N) is 2. The molecule has 0 fully saturated rings. The van der Waals surface area contributed by atoms with Gasteiger partial charge in [-0.2, -0.15) is 0 Å². The molecule has 0 saturated carbocycles. The minimum atomic E-state index is -0.676. The number of pyridine rings is 1. The second kappa shape index (κ2) is 22.2. The minimum absolute atomic E-state index is 0.00463. The Hall–Kier alpha value is -3.42. The van der Waals surface area contributed by atoms with Crippen molar-refractivity contribution in [1.82, 2.24) is 4.98 Å². The van der Waals surface area contributed by atoms with E-state index in [1.807, 2.05) is 48.5 Å². The first-order valence-corrected chi connectivity index (χ1v) is 16.2. The number of nitrogens with two attached hydrogens (primary N) is 1. The fourth-order valence-corrected chi connectivity index (χ4v) is 5.15. The van der Waals surface area contributed by atoms with Gasteiger partial charge in [-0.3, -0.25) is 9.59 Å². The normalized spacial score (nSPS) is 12.3. The lowest BCUT2D eigenvalue weighted by atomic mass is 10.0. The van der Waals surface area contributed by atoms with E-state index in [1.165, 1.54) is 51.4 Å². The molecule has 2 N–H and O–H groups in total. The largest absolute Gasteiger partial charge is 0.461 e. The standard InChI is InChI=1S/C35H53N3O5/c1-3-4-5-6-7-8-9-10-11-12-16-22-30(27-32(36)39)43-35(41)31(38(2)33-24-17-18-26-37-33)23-19-25-34(40)42-28-29-20-14-13-15-21-29/h13-15,17-18,20-21,24,26,30-31H,3-12,16,19,22-23,25,27-28H2,1-2H3,(H2,36,39)/t30-,31-/m0/s1. The van der Waals surface area contributed by atoms with Crippen LogP contribution in [0.25, 0.3) is 0 Å². The summed E-state index contributed by atoms with van der Waals surface area (Å²) in [5.41, 5.74) is 6.43. The maximum atomic E-state index is 13.5. The summed E-state index contributed by atoms with van der Waals surface area (Å²) in [6, 6.07) is 14.3. The molecule has 0 bridgehead atoms. The van der Waals surface area contributed by atoms with Crippen LogP contribution in [0.4, 0.5) is 5.82 Å². The number of aromatic nitrogens is 1. The molecule has 0 unspecified atom stereocenters. The van der Waals surface area contributed by atoms with Gasteiger partial charge < -0.3 is 20.1 Å². The molecule has 238 valence electrons. The third-order valence-corrected chi connectivity index (χ3v) is 7.69. The fraction of sp³-hybridized carbons (Fsp3) is 0.600. The molecule has 0 radical (unpaired) electrons. The number of anilines is 1.